The molecule has 2 aliphatic rings. The number of ether oxygens (including phenoxy) is 2. The zero-order valence-corrected chi connectivity index (χ0v) is 15.6. The molecule has 4 rings (SSSR count). The summed E-state index contributed by atoms with van der Waals surface area (Å²) in [5.74, 6) is 1.32. The molecule has 0 saturated carbocycles. The standard InChI is InChI=1S/C17H23N5O3S/c1-21-5-3-18-15(21)12-2-4-22(10-12)17(23)20-16-19-9-14(26-16)8-13-11-24-6-7-25-13/h3,5,9,12-13H,2,4,6-8,10-11H2,1H3,(H,19,20,23). The number of carbonyl (C=O) groups is 1. The van der Waals surface area contributed by atoms with Crippen molar-refractivity contribution < 1.29 is 14.3 Å². The third kappa shape index (κ3) is 3.89. The smallest absolute Gasteiger partial charge is 0.323 e. The molecule has 2 atom stereocenters. The number of amides is 2. The van der Waals surface area contributed by atoms with Crippen LogP contribution >= 0.6 is 11.3 Å². The van der Waals surface area contributed by atoms with Crippen LogP contribution in [0.3, 0.4) is 0 Å². The molecule has 2 unspecified atom stereocenters. The van der Waals surface area contributed by atoms with E-state index in [4.69, 9.17) is 9.47 Å². The van der Waals surface area contributed by atoms with Crippen LogP contribution in [-0.4, -0.2) is 64.5 Å². The Labute approximate surface area is 156 Å². The predicted molar refractivity (Wildman–Crippen MR) is 97.5 cm³/mol. The van der Waals surface area contributed by atoms with E-state index in [0.29, 0.717) is 31.5 Å². The van der Waals surface area contributed by atoms with E-state index in [9.17, 15) is 4.79 Å². The van der Waals surface area contributed by atoms with Gasteiger partial charge in [0.2, 0.25) is 0 Å². The number of hydrogen-bond donors (Lipinski definition) is 1. The van der Waals surface area contributed by atoms with E-state index in [2.05, 4.69) is 15.3 Å². The Morgan fingerprint density at radius 1 is 1.42 bits per heavy atom. The highest BCUT2D eigenvalue weighted by molar-refractivity contribution is 7.15. The normalized spacial score (nSPS) is 23.3. The Morgan fingerprint density at radius 2 is 2.35 bits per heavy atom. The van der Waals surface area contributed by atoms with Gasteiger partial charge >= 0.3 is 6.03 Å². The number of nitrogens with zero attached hydrogens (tertiary/aromatic N) is 4. The molecule has 26 heavy (non-hydrogen) atoms. The van der Waals surface area contributed by atoms with Gasteiger partial charge in [-0.15, -0.1) is 11.3 Å². The van der Waals surface area contributed by atoms with E-state index in [1.807, 2.05) is 22.7 Å². The Balaban J connectivity index is 1.30. The minimum Gasteiger partial charge on any atom is -0.376 e. The summed E-state index contributed by atoms with van der Waals surface area (Å²) in [5, 5.41) is 3.54. The fourth-order valence-electron chi connectivity index (χ4n) is 3.44. The van der Waals surface area contributed by atoms with E-state index >= 15 is 0 Å². The molecule has 0 bridgehead atoms. The Hall–Kier alpha value is -1.97. The van der Waals surface area contributed by atoms with Gasteiger partial charge in [0.1, 0.15) is 5.82 Å². The summed E-state index contributed by atoms with van der Waals surface area (Å²) in [6, 6.07) is -0.0974. The average Bonchev–Trinajstić information content (AvgIpc) is 3.37. The molecule has 9 heteroatoms. The fourth-order valence-corrected chi connectivity index (χ4v) is 4.30. The summed E-state index contributed by atoms with van der Waals surface area (Å²) >= 11 is 1.49. The topological polar surface area (TPSA) is 81.5 Å². The summed E-state index contributed by atoms with van der Waals surface area (Å²) in [7, 11) is 1.99. The summed E-state index contributed by atoms with van der Waals surface area (Å²) in [6.45, 7) is 3.33. The van der Waals surface area contributed by atoms with E-state index in [-0.39, 0.29) is 18.1 Å². The van der Waals surface area contributed by atoms with Gasteiger partial charge in [0, 0.05) is 55.9 Å². The molecule has 140 valence electrons. The van der Waals surface area contributed by atoms with Gasteiger partial charge in [-0.3, -0.25) is 5.32 Å². The first-order chi connectivity index (χ1) is 12.7. The quantitative estimate of drug-likeness (QED) is 0.879. The molecule has 0 spiro atoms. The molecule has 8 nitrogen and oxygen atoms in total. The number of imidazole rings is 1. The first kappa shape index (κ1) is 17.4. The first-order valence-corrected chi connectivity index (χ1v) is 9.68. The van der Waals surface area contributed by atoms with Crippen molar-refractivity contribution in [2.24, 2.45) is 7.05 Å². The highest BCUT2D eigenvalue weighted by Gasteiger charge is 2.30. The van der Waals surface area contributed by atoms with E-state index in [0.717, 1.165) is 30.1 Å². The van der Waals surface area contributed by atoms with Gasteiger partial charge in [-0.2, -0.15) is 0 Å². The van der Waals surface area contributed by atoms with Crippen LogP contribution in [0.25, 0.3) is 0 Å². The van der Waals surface area contributed by atoms with Crippen LogP contribution in [0.4, 0.5) is 9.93 Å². The molecule has 1 N–H and O–H groups in total. The molecule has 4 heterocycles. The maximum absolute atomic E-state index is 12.5. The summed E-state index contributed by atoms with van der Waals surface area (Å²) < 4.78 is 13.1. The van der Waals surface area contributed by atoms with E-state index in [1.54, 1.807) is 12.4 Å². The van der Waals surface area contributed by atoms with Crippen molar-refractivity contribution in [1.29, 1.82) is 0 Å². The van der Waals surface area contributed by atoms with Gasteiger partial charge in [-0.1, -0.05) is 0 Å². The number of anilines is 1. The number of nitrogens with one attached hydrogen (secondary N) is 1. The minimum absolute atomic E-state index is 0.0740. The average molecular weight is 377 g/mol. The second-order valence-electron chi connectivity index (χ2n) is 6.66. The number of hydrogen-bond acceptors (Lipinski definition) is 6. The Kier molecular flexibility index (Phi) is 5.18. The lowest BCUT2D eigenvalue weighted by molar-refractivity contribution is -0.0869. The molecule has 0 radical (unpaired) electrons. The molecule has 2 fully saturated rings. The molecule has 2 amide bonds. The van der Waals surface area contributed by atoms with Gasteiger partial charge in [0.05, 0.1) is 25.9 Å². The van der Waals surface area contributed by atoms with Crippen molar-refractivity contribution in [2.45, 2.75) is 24.9 Å². The lowest BCUT2D eigenvalue weighted by Crippen LogP contribution is -2.32. The predicted octanol–water partition coefficient (Wildman–Crippen LogP) is 1.86. The molecule has 2 aromatic rings. The molecule has 0 aliphatic carbocycles. The molecule has 0 aromatic carbocycles. The van der Waals surface area contributed by atoms with Gasteiger partial charge in [-0.05, 0) is 6.42 Å². The van der Waals surface area contributed by atoms with Crippen LogP contribution in [0, 0.1) is 0 Å². The van der Waals surface area contributed by atoms with Gasteiger partial charge < -0.3 is 18.9 Å². The van der Waals surface area contributed by atoms with E-state index in [1.165, 1.54) is 11.3 Å². The lowest BCUT2D eigenvalue weighted by atomic mass is 10.1. The summed E-state index contributed by atoms with van der Waals surface area (Å²) in [6.07, 6.45) is 7.31. The summed E-state index contributed by atoms with van der Waals surface area (Å²) in [5.41, 5.74) is 0. The lowest BCUT2D eigenvalue weighted by Gasteiger charge is -2.22. The number of aromatic nitrogens is 3. The van der Waals surface area contributed by atoms with Gasteiger partial charge in [0.15, 0.2) is 5.13 Å². The van der Waals surface area contributed by atoms with Crippen molar-refractivity contribution >= 4 is 22.5 Å². The molecule has 2 aromatic heterocycles. The van der Waals surface area contributed by atoms with Crippen molar-refractivity contribution in [3.8, 4) is 0 Å². The van der Waals surface area contributed by atoms with Crippen LogP contribution < -0.4 is 5.32 Å². The molecule has 2 saturated heterocycles. The Bertz CT molecular complexity index is 755. The van der Waals surface area contributed by atoms with Crippen LogP contribution in [0.2, 0.25) is 0 Å². The fraction of sp³-hybridized carbons (Fsp3) is 0.588. The van der Waals surface area contributed by atoms with Crippen LogP contribution in [0.5, 0.6) is 0 Å². The van der Waals surface area contributed by atoms with Gasteiger partial charge in [-0.25, -0.2) is 14.8 Å². The highest BCUT2D eigenvalue weighted by atomic mass is 32.1. The molecular weight excluding hydrogens is 354 g/mol. The van der Waals surface area contributed by atoms with Crippen molar-refractivity contribution in [3.05, 3.63) is 29.3 Å². The number of aryl methyl sites for hydroxylation is 1. The largest absolute Gasteiger partial charge is 0.376 e. The number of carbonyl (C=O) groups excluding carboxylic acids is 1. The van der Waals surface area contributed by atoms with Crippen molar-refractivity contribution in [3.63, 3.8) is 0 Å². The minimum atomic E-state index is -0.0974. The molecule has 2 aliphatic heterocycles. The highest BCUT2D eigenvalue weighted by Crippen LogP contribution is 2.27. The maximum atomic E-state index is 12.5. The monoisotopic (exact) mass is 377 g/mol. The number of rotatable bonds is 4. The summed E-state index contributed by atoms with van der Waals surface area (Å²) in [4.78, 5) is 24.2. The number of thiazole rings is 1. The second-order valence-corrected chi connectivity index (χ2v) is 7.78. The SMILES string of the molecule is Cn1ccnc1C1CCN(C(=O)Nc2ncc(CC3COCCO3)s2)C1. The van der Waals surface area contributed by atoms with E-state index < -0.39 is 0 Å². The van der Waals surface area contributed by atoms with Crippen LogP contribution in [0.15, 0.2) is 18.6 Å². The third-order valence-corrected chi connectivity index (χ3v) is 5.72. The maximum Gasteiger partial charge on any atom is 0.323 e. The molecular formula is C17H23N5O3S. The van der Waals surface area contributed by atoms with Gasteiger partial charge in [0.25, 0.3) is 0 Å². The van der Waals surface area contributed by atoms with Crippen LogP contribution in [0.1, 0.15) is 23.0 Å². The van der Waals surface area contributed by atoms with Crippen LogP contribution in [-0.2, 0) is 22.9 Å². The number of likely N-dealkylation sites (tertiary alicyclic amines) is 1. The Morgan fingerprint density at radius 3 is 3.12 bits per heavy atom. The van der Waals surface area contributed by atoms with Crippen molar-refractivity contribution in [1.82, 2.24) is 19.4 Å². The third-order valence-electron chi connectivity index (χ3n) is 4.78. The zero-order chi connectivity index (χ0) is 17.9. The first-order valence-electron chi connectivity index (χ1n) is 8.86. The number of urea groups is 1. The zero-order valence-electron chi connectivity index (χ0n) is 14.8. The second kappa shape index (κ2) is 7.73. The van der Waals surface area contributed by atoms with Crippen molar-refractivity contribution in [2.75, 3.05) is 38.2 Å².